The summed E-state index contributed by atoms with van der Waals surface area (Å²) < 4.78 is 29.6. The first-order valence-corrected chi connectivity index (χ1v) is 9.67. The highest BCUT2D eigenvalue weighted by molar-refractivity contribution is 6.04. The Kier molecular flexibility index (Phi) is 4.94. The van der Waals surface area contributed by atoms with Gasteiger partial charge in [0.1, 0.15) is 5.82 Å². The van der Waals surface area contributed by atoms with E-state index >= 15 is 0 Å². The third kappa shape index (κ3) is 4.06. The first-order chi connectivity index (χ1) is 13.8. The van der Waals surface area contributed by atoms with Crippen LogP contribution in [-0.2, 0) is 19.4 Å². The van der Waals surface area contributed by atoms with Crippen LogP contribution in [0.3, 0.4) is 0 Å². The fourth-order valence-electron chi connectivity index (χ4n) is 3.73. The number of halogens is 2. The maximum Gasteiger partial charge on any atom is 0.276 e. The summed E-state index contributed by atoms with van der Waals surface area (Å²) in [5, 5.41) is 9.51. The van der Waals surface area contributed by atoms with Gasteiger partial charge in [-0.15, -0.1) is 0 Å². The molecule has 0 radical (unpaired) electrons. The maximum absolute atomic E-state index is 13.8. The van der Waals surface area contributed by atoms with Gasteiger partial charge >= 0.3 is 0 Å². The van der Waals surface area contributed by atoms with E-state index in [1.54, 1.807) is 12.3 Å². The monoisotopic (exact) mass is 399 g/mol. The molecule has 29 heavy (non-hydrogen) atoms. The van der Waals surface area contributed by atoms with Crippen molar-refractivity contribution in [3.8, 4) is 0 Å². The molecule has 0 bridgehead atoms. The summed E-state index contributed by atoms with van der Waals surface area (Å²) >= 11 is 0. The van der Waals surface area contributed by atoms with Crippen molar-refractivity contribution in [1.29, 1.82) is 0 Å². The quantitative estimate of drug-likeness (QED) is 0.677. The van der Waals surface area contributed by atoms with Gasteiger partial charge in [0.15, 0.2) is 5.69 Å². The molecular formula is C21H23F2N5O. The smallest absolute Gasteiger partial charge is 0.276 e. The van der Waals surface area contributed by atoms with Crippen molar-refractivity contribution in [2.24, 2.45) is 0 Å². The Labute approximate surface area is 167 Å². The van der Waals surface area contributed by atoms with Crippen LogP contribution in [0.15, 0.2) is 36.7 Å². The second-order valence-corrected chi connectivity index (χ2v) is 7.78. The van der Waals surface area contributed by atoms with Gasteiger partial charge in [0.25, 0.3) is 11.8 Å². The van der Waals surface area contributed by atoms with E-state index in [1.165, 1.54) is 0 Å². The molecule has 1 aromatic carbocycles. The number of aromatic amines is 1. The number of rotatable bonds is 5. The van der Waals surface area contributed by atoms with E-state index in [0.717, 1.165) is 11.4 Å². The number of carbonyl (C=O) groups is 1. The number of amides is 1. The fourth-order valence-corrected chi connectivity index (χ4v) is 3.73. The van der Waals surface area contributed by atoms with Crippen LogP contribution >= 0.6 is 0 Å². The second kappa shape index (κ2) is 7.42. The number of aryl methyl sites for hydroxylation is 1. The highest BCUT2D eigenvalue weighted by Crippen LogP contribution is 2.33. The average Bonchev–Trinajstić information content (AvgIpc) is 3.27. The van der Waals surface area contributed by atoms with Crippen molar-refractivity contribution in [2.75, 3.05) is 5.32 Å². The molecule has 0 spiro atoms. The lowest BCUT2D eigenvalue weighted by Gasteiger charge is -2.21. The number of imidazole rings is 1. The molecule has 2 aromatic heterocycles. The van der Waals surface area contributed by atoms with Gasteiger partial charge in [-0.25, -0.2) is 13.8 Å². The van der Waals surface area contributed by atoms with Gasteiger partial charge in [0.2, 0.25) is 0 Å². The molecule has 4 rings (SSSR count). The summed E-state index contributed by atoms with van der Waals surface area (Å²) in [5.74, 6) is -1.99. The predicted molar refractivity (Wildman–Crippen MR) is 105 cm³/mol. The van der Waals surface area contributed by atoms with Gasteiger partial charge in [-0.3, -0.25) is 9.89 Å². The van der Waals surface area contributed by atoms with Crippen molar-refractivity contribution in [2.45, 2.75) is 51.5 Å². The van der Waals surface area contributed by atoms with Gasteiger partial charge in [-0.05, 0) is 24.1 Å². The molecule has 0 fully saturated rings. The molecule has 2 N–H and O–H groups in total. The summed E-state index contributed by atoms with van der Waals surface area (Å²) in [7, 11) is 0. The number of anilines is 1. The minimum atomic E-state index is -2.80. The van der Waals surface area contributed by atoms with E-state index < -0.39 is 18.3 Å². The molecule has 8 heteroatoms. The number of benzene rings is 1. The van der Waals surface area contributed by atoms with Crippen molar-refractivity contribution >= 4 is 11.6 Å². The highest BCUT2D eigenvalue weighted by atomic mass is 19.3. The fraction of sp³-hybridized carbons (Fsp3) is 0.381. The molecule has 6 nitrogen and oxygen atoms in total. The standard InChI is InChI=1S/C21H23F2N5O/c1-13(2)19-24-8-9-28(19)12-14-4-3-5-15(10-14)25-20(29)18-16-11-21(22,23)7-6-17(16)26-27-18/h3-5,8-10,13H,6-7,11-12H2,1-2H3,(H,25,29)(H,26,27). The Hall–Kier alpha value is -3.03. The van der Waals surface area contributed by atoms with Gasteiger partial charge in [0, 0.05) is 54.6 Å². The first kappa shape index (κ1) is 19.3. The molecule has 3 aromatic rings. The van der Waals surface area contributed by atoms with Crippen LogP contribution in [0.1, 0.15) is 59.3 Å². The minimum Gasteiger partial charge on any atom is -0.330 e. The zero-order chi connectivity index (χ0) is 20.6. The SMILES string of the molecule is CC(C)c1nccn1Cc1cccc(NC(=O)c2n[nH]c3c2CC(F)(F)CC3)c1. The van der Waals surface area contributed by atoms with Gasteiger partial charge in [0.05, 0.1) is 0 Å². The van der Waals surface area contributed by atoms with Crippen molar-refractivity contribution in [3.63, 3.8) is 0 Å². The van der Waals surface area contributed by atoms with Gasteiger partial charge in [-0.2, -0.15) is 5.10 Å². The van der Waals surface area contributed by atoms with Crippen molar-refractivity contribution < 1.29 is 13.6 Å². The first-order valence-electron chi connectivity index (χ1n) is 9.67. The summed E-state index contributed by atoms with van der Waals surface area (Å²) in [6, 6.07) is 7.46. The van der Waals surface area contributed by atoms with Crippen LogP contribution in [0, 0.1) is 0 Å². The molecule has 152 valence electrons. The van der Waals surface area contributed by atoms with Crippen LogP contribution in [0.2, 0.25) is 0 Å². The zero-order valence-electron chi connectivity index (χ0n) is 16.4. The molecule has 0 unspecified atom stereocenters. The van der Waals surface area contributed by atoms with E-state index in [1.807, 2.05) is 24.4 Å². The molecule has 2 heterocycles. The summed E-state index contributed by atoms with van der Waals surface area (Å²) in [4.78, 5) is 17.1. The lowest BCUT2D eigenvalue weighted by atomic mass is 9.92. The van der Waals surface area contributed by atoms with Crippen molar-refractivity contribution in [1.82, 2.24) is 19.7 Å². The maximum atomic E-state index is 13.8. The molecule has 1 amide bonds. The number of nitrogens with one attached hydrogen (secondary N) is 2. The zero-order valence-corrected chi connectivity index (χ0v) is 16.4. The molecule has 0 atom stereocenters. The third-order valence-corrected chi connectivity index (χ3v) is 5.15. The second-order valence-electron chi connectivity index (χ2n) is 7.78. The van der Waals surface area contributed by atoms with Crippen LogP contribution < -0.4 is 5.32 Å². The van der Waals surface area contributed by atoms with E-state index in [4.69, 9.17) is 0 Å². The molecule has 1 aliphatic carbocycles. The van der Waals surface area contributed by atoms with E-state index in [2.05, 4.69) is 38.9 Å². The number of nitrogens with zero attached hydrogens (tertiary/aromatic N) is 3. The number of carbonyl (C=O) groups excluding carboxylic acids is 1. The van der Waals surface area contributed by atoms with Crippen LogP contribution in [0.5, 0.6) is 0 Å². The van der Waals surface area contributed by atoms with Crippen LogP contribution in [0.4, 0.5) is 14.5 Å². The number of H-pyrrole nitrogens is 1. The Bertz CT molecular complexity index is 1040. The van der Waals surface area contributed by atoms with Crippen LogP contribution in [-0.4, -0.2) is 31.6 Å². The summed E-state index contributed by atoms with van der Waals surface area (Å²) in [6.45, 7) is 4.80. The number of hydrogen-bond acceptors (Lipinski definition) is 3. The van der Waals surface area contributed by atoms with E-state index in [9.17, 15) is 13.6 Å². The molecule has 1 aliphatic rings. The Morgan fingerprint density at radius 2 is 2.21 bits per heavy atom. The van der Waals surface area contributed by atoms with Gasteiger partial charge < -0.3 is 9.88 Å². The van der Waals surface area contributed by atoms with E-state index in [0.29, 0.717) is 29.4 Å². The Morgan fingerprint density at radius 1 is 1.38 bits per heavy atom. The van der Waals surface area contributed by atoms with Gasteiger partial charge in [-0.1, -0.05) is 26.0 Å². The predicted octanol–water partition coefficient (Wildman–Crippen LogP) is 4.15. The number of alkyl halides is 2. The Balaban J connectivity index is 1.51. The Morgan fingerprint density at radius 3 is 3.00 bits per heavy atom. The lowest BCUT2D eigenvalue weighted by Crippen LogP contribution is -2.27. The molecular weight excluding hydrogens is 376 g/mol. The normalized spacial score (nSPS) is 15.3. The summed E-state index contributed by atoms with van der Waals surface area (Å²) in [6.07, 6.45) is 3.22. The molecule has 0 saturated heterocycles. The highest BCUT2D eigenvalue weighted by Gasteiger charge is 2.37. The molecule has 0 aliphatic heterocycles. The van der Waals surface area contributed by atoms with E-state index in [-0.39, 0.29) is 18.5 Å². The average molecular weight is 399 g/mol. The lowest BCUT2D eigenvalue weighted by molar-refractivity contribution is -0.0125. The molecule has 0 saturated carbocycles. The number of aromatic nitrogens is 4. The number of hydrogen-bond donors (Lipinski definition) is 2. The van der Waals surface area contributed by atoms with Crippen LogP contribution in [0.25, 0.3) is 0 Å². The topological polar surface area (TPSA) is 75.6 Å². The number of fused-ring (bicyclic) bond motifs is 1. The third-order valence-electron chi connectivity index (χ3n) is 5.15. The van der Waals surface area contributed by atoms with Crippen molar-refractivity contribution in [3.05, 3.63) is 65.0 Å². The summed E-state index contributed by atoms with van der Waals surface area (Å²) in [5.41, 5.74) is 2.57. The largest absolute Gasteiger partial charge is 0.330 e. The minimum absolute atomic E-state index is 0.0430.